The highest BCUT2D eigenvalue weighted by Gasteiger charge is 2.21. The van der Waals surface area contributed by atoms with E-state index < -0.39 is 0 Å². The van der Waals surface area contributed by atoms with Crippen LogP contribution in [0.4, 0.5) is 5.69 Å². The summed E-state index contributed by atoms with van der Waals surface area (Å²) < 4.78 is 7.93. The summed E-state index contributed by atoms with van der Waals surface area (Å²) in [5.41, 5.74) is 4.14. The number of aryl methyl sites for hydroxylation is 1. The number of amides is 1. The van der Waals surface area contributed by atoms with Crippen molar-refractivity contribution in [3.05, 3.63) is 95.3 Å². The Balaban J connectivity index is 1.35. The number of hydrogen-bond donors (Lipinski definition) is 1. The van der Waals surface area contributed by atoms with Gasteiger partial charge >= 0.3 is 0 Å². The lowest BCUT2D eigenvalue weighted by molar-refractivity contribution is -0.115. The average Bonchev–Trinajstić information content (AvgIpc) is 3.44. The maximum atomic E-state index is 12.9. The molecular formula is C26H22N4O3S. The molecule has 3 aromatic carbocycles. The van der Waals surface area contributed by atoms with Crippen LogP contribution in [0.15, 0.2) is 78.0 Å². The van der Waals surface area contributed by atoms with Gasteiger partial charge in [-0.25, -0.2) is 0 Å². The summed E-state index contributed by atoms with van der Waals surface area (Å²) in [4.78, 5) is 24.5. The van der Waals surface area contributed by atoms with E-state index in [2.05, 4.69) is 15.5 Å². The van der Waals surface area contributed by atoms with Gasteiger partial charge in [-0.15, -0.1) is 10.2 Å². The number of rotatable bonds is 8. The Hall–Kier alpha value is -3.91. The van der Waals surface area contributed by atoms with E-state index in [4.69, 9.17) is 4.74 Å². The number of nitrogens with zero attached hydrogens (tertiary/aromatic N) is 3. The Kier molecular flexibility index (Phi) is 6.14. The van der Waals surface area contributed by atoms with Crippen LogP contribution in [-0.2, 0) is 17.8 Å². The third-order valence-electron chi connectivity index (χ3n) is 5.55. The van der Waals surface area contributed by atoms with Gasteiger partial charge in [0, 0.05) is 16.9 Å². The number of carbonyl (C=O) groups excluding carboxylic acids is 2. The first-order valence-electron chi connectivity index (χ1n) is 10.9. The number of aromatic nitrogens is 3. The smallest absolute Gasteiger partial charge is 0.228 e. The summed E-state index contributed by atoms with van der Waals surface area (Å²) in [6.45, 7) is 2.24. The third kappa shape index (κ3) is 4.58. The molecule has 5 rings (SSSR count). The SMILES string of the molecule is Cc1ccccc1OCc1nnc(SCC(=O)c2ccc3c(c2)CC(=O)N3)n1-c1ccccc1. The second kappa shape index (κ2) is 9.52. The van der Waals surface area contributed by atoms with Gasteiger partial charge in [0.25, 0.3) is 0 Å². The zero-order chi connectivity index (χ0) is 23.5. The van der Waals surface area contributed by atoms with Gasteiger partial charge < -0.3 is 10.1 Å². The molecule has 170 valence electrons. The Morgan fingerprint density at radius 2 is 1.85 bits per heavy atom. The van der Waals surface area contributed by atoms with E-state index in [1.54, 1.807) is 18.2 Å². The average molecular weight is 471 g/mol. The first kappa shape index (κ1) is 21.9. The van der Waals surface area contributed by atoms with Gasteiger partial charge in [0.1, 0.15) is 12.4 Å². The third-order valence-corrected chi connectivity index (χ3v) is 6.48. The minimum Gasteiger partial charge on any atom is -0.485 e. The second-order valence-corrected chi connectivity index (χ2v) is 8.88. The fourth-order valence-corrected chi connectivity index (χ4v) is 4.67. The van der Waals surface area contributed by atoms with Crippen LogP contribution in [0.5, 0.6) is 5.75 Å². The molecule has 0 saturated heterocycles. The Morgan fingerprint density at radius 3 is 2.68 bits per heavy atom. The fourth-order valence-electron chi connectivity index (χ4n) is 3.80. The molecule has 8 heteroatoms. The molecule has 7 nitrogen and oxygen atoms in total. The lowest BCUT2D eigenvalue weighted by Crippen LogP contribution is -2.08. The molecule has 0 saturated carbocycles. The molecule has 1 aliphatic rings. The number of thioether (sulfide) groups is 1. The number of fused-ring (bicyclic) bond motifs is 1. The number of ketones is 1. The van der Waals surface area contributed by atoms with E-state index in [0.29, 0.717) is 23.0 Å². The van der Waals surface area contributed by atoms with Crippen molar-refractivity contribution in [2.75, 3.05) is 11.1 Å². The molecule has 0 unspecified atom stereocenters. The summed E-state index contributed by atoms with van der Waals surface area (Å²) in [6, 6.07) is 22.9. The number of para-hydroxylation sites is 2. The quantitative estimate of drug-likeness (QED) is 0.299. The Morgan fingerprint density at radius 1 is 1.06 bits per heavy atom. The van der Waals surface area contributed by atoms with Crippen molar-refractivity contribution < 1.29 is 14.3 Å². The molecule has 0 fully saturated rings. The van der Waals surface area contributed by atoms with Crippen LogP contribution in [0.25, 0.3) is 5.69 Å². The van der Waals surface area contributed by atoms with Crippen LogP contribution < -0.4 is 10.1 Å². The van der Waals surface area contributed by atoms with Crippen molar-refractivity contribution in [2.45, 2.75) is 25.1 Å². The van der Waals surface area contributed by atoms with Gasteiger partial charge in [0.2, 0.25) is 5.91 Å². The van der Waals surface area contributed by atoms with Crippen LogP contribution >= 0.6 is 11.8 Å². The van der Waals surface area contributed by atoms with Crippen molar-refractivity contribution in [3.8, 4) is 11.4 Å². The standard InChI is InChI=1S/C26H22N4O3S/c1-17-7-5-6-10-23(17)33-15-24-28-29-26(30(24)20-8-3-2-4-9-20)34-16-22(31)18-11-12-21-19(13-18)14-25(32)27-21/h2-13H,14-16H2,1H3,(H,27,32). The lowest BCUT2D eigenvalue weighted by atomic mass is 10.1. The molecule has 4 aromatic rings. The topological polar surface area (TPSA) is 86.1 Å². The van der Waals surface area contributed by atoms with Gasteiger partial charge in [0.05, 0.1) is 12.2 Å². The molecule has 1 aromatic heterocycles. The van der Waals surface area contributed by atoms with Crippen LogP contribution in [0.2, 0.25) is 0 Å². The largest absolute Gasteiger partial charge is 0.485 e. The number of nitrogens with one attached hydrogen (secondary N) is 1. The first-order valence-corrected chi connectivity index (χ1v) is 11.8. The van der Waals surface area contributed by atoms with Gasteiger partial charge in [0.15, 0.2) is 16.8 Å². The van der Waals surface area contributed by atoms with Gasteiger partial charge in [-0.1, -0.05) is 48.2 Å². The predicted octanol–water partition coefficient (Wildman–Crippen LogP) is 4.62. The van der Waals surface area contributed by atoms with Crippen molar-refractivity contribution in [3.63, 3.8) is 0 Å². The second-order valence-electron chi connectivity index (χ2n) is 7.93. The zero-order valence-corrected chi connectivity index (χ0v) is 19.3. The van der Waals surface area contributed by atoms with Crippen LogP contribution in [0, 0.1) is 6.92 Å². The molecule has 0 bridgehead atoms. The molecule has 0 radical (unpaired) electrons. The van der Waals surface area contributed by atoms with E-state index in [9.17, 15) is 9.59 Å². The molecule has 0 aliphatic carbocycles. The van der Waals surface area contributed by atoms with E-state index >= 15 is 0 Å². The Labute approximate surface area is 201 Å². The molecule has 1 aliphatic heterocycles. The number of hydrogen-bond acceptors (Lipinski definition) is 6. The number of ether oxygens (including phenoxy) is 1. The monoisotopic (exact) mass is 470 g/mol. The molecule has 0 atom stereocenters. The molecule has 1 amide bonds. The maximum absolute atomic E-state index is 12.9. The highest BCUT2D eigenvalue weighted by atomic mass is 32.2. The van der Waals surface area contributed by atoms with E-state index in [1.807, 2.05) is 66.1 Å². The van der Waals surface area contributed by atoms with Crippen molar-refractivity contribution in [1.82, 2.24) is 14.8 Å². The predicted molar refractivity (Wildman–Crippen MR) is 131 cm³/mol. The van der Waals surface area contributed by atoms with Gasteiger partial charge in [-0.05, 0) is 54.4 Å². The molecule has 0 spiro atoms. The maximum Gasteiger partial charge on any atom is 0.228 e. The van der Waals surface area contributed by atoms with Gasteiger partial charge in [-0.3, -0.25) is 14.2 Å². The zero-order valence-electron chi connectivity index (χ0n) is 18.5. The molecule has 34 heavy (non-hydrogen) atoms. The van der Waals surface area contributed by atoms with E-state index in [1.165, 1.54) is 11.8 Å². The first-order chi connectivity index (χ1) is 16.6. The molecular weight excluding hydrogens is 448 g/mol. The van der Waals surface area contributed by atoms with Crippen LogP contribution in [-0.4, -0.2) is 32.2 Å². The minimum atomic E-state index is -0.0506. The Bertz CT molecular complexity index is 1370. The summed E-state index contributed by atoms with van der Waals surface area (Å²) in [7, 11) is 0. The highest BCUT2D eigenvalue weighted by Crippen LogP contribution is 2.27. The normalized spacial score (nSPS) is 12.3. The van der Waals surface area contributed by atoms with Crippen LogP contribution in [0.1, 0.15) is 27.3 Å². The lowest BCUT2D eigenvalue weighted by Gasteiger charge is -2.12. The van der Waals surface area contributed by atoms with Gasteiger partial charge in [-0.2, -0.15) is 0 Å². The van der Waals surface area contributed by atoms with E-state index in [-0.39, 0.29) is 24.1 Å². The van der Waals surface area contributed by atoms with E-state index in [0.717, 1.165) is 28.3 Å². The number of carbonyl (C=O) groups is 2. The number of Topliss-reactive ketones (excluding diaryl/α,β-unsaturated/α-hetero) is 1. The summed E-state index contributed by atoms with van der Waals surface area (Å²) in [6.07, 6.45) is 0.302. The highest BCUT2D eigenvalue weighted by molar-refractivity contribution is 7.99. The number of anilines is 1. The van der Waals surface area contributed by atoms with Crippen LogP contribution in [0.3, 0.4) is 0 Å². The minimum absolute atomic E-state index is 0.0347. The van der Waals surface area contributed by atoms with Crippen molar-refractivity contribution in [1.29, 1.82) is 0 Å². The fraction of sp³-hybridized carbons (Fsp3) is 0.154. The van der Waals surface area contributed by atoms with Crippen molar-refractivity contribution >= 4 is 29.1 Å². The number of benzene rings is 3. The molecule has 1 N–H and O–H groups in total. The summed E-state index contributed by atoms with van der Waals surface area (Å²) >= 11 is 1.33. The summed E-state index contributed by atoms with van der Waals surface area (Å²) in [5, 5.41) is 12.1. The summed E-state index contributed by atoms with van der Waals surface area (Å²) in [5.74, 6) is 1.55. The molecule has 2 heterocycles. The van der Waals surface area contributed by atoms with Crippen molar-refractivity contribution in [2.24, 2.45) is 0 Å².